The van der Waals surface area contributed by atoms with Crippen LogP contribution in [0.2, 0.25) is 0 Å². The third-order valence-corrected chi connectivity index (χ3v) is 4.11. The number of carbonyl (C=O) groups is 1. The molecular weight excluding hydrogens is 330 g/mol. The van der Waals surface area contributed by atoms with Gasteiger partial charge in [-0.25, -0.2) is 0 Å². The molecule has 0 atom stereocenters. The van der Waals surface area contributed by atoms with Crippen molar-refractivity contribution in [1.29, 1.82) is 0 Å². The summed E-state index contributed by atoms with van der Waals surface area (Å²) in [6, 6.07) is 7.06. The number of anilines is 1. The Labute approximate surface area is 151 Å². The van der Waals surface area contributed by atoms with Crippen molar-refractivity contribution in [2.75, 3.05) is 5.32 Å². The Bertz CT molecular complexity index is 1000. The first kappa shape index (κ1) is 17.8. The van der Waals surface area contributed by atoms with Gasteiger partial charge in [0, 0.05) is 29.4 Å². The molecule has 136 valence electrons. The molecule has 0 fully saturated rings. The van der Waals surface area contributed by atoms with E-state index < -0.39 is 0 Å². The molecule has 7 heteroatoms. The molecule has 0 aliphatic heterocycles. The smallest absolute Gasteiger partial charge is 0.260 e. The number of nitrogens with one attached hydrogen (secondary N) is 2. The van der Waals surface area contributed by atoms with Gasteiger partial charge in [0.25, 0.3) is 11.5 Å². The first-order valence-electron chi connectivity index (χ1n) is 8.73. The van der Waals surface area contributed by atoms with Crippen LogP contribution in [0, 0.1) is 5.92 Å². The molecule has 0 aliphatic rings. The molecule has 0 unspecified atom stereocenters. The Kier molecular flexibility index (Phi) is 4.88. The molecule has 3 aromatic rings. The minimum Gasteiger partial charge on any atom is -0.312 e. The predicted octanol–water partition coefficient (Wildman–Crippen LogP) is 3.15. The fourth-order valence-electron chi connectivity index (χ4n) is 2.87. The van der Waals surface area contributed by atoms with Crippen molar-refractivity contribution in [2.45, 2.75) is 40.2 Å². The summed E-state index contributed by atoms with van der Waals surface area (Å²) in [5.41, 5.74) is 0.313. The maximum absolute atomic E-state index is 12.8. The highest BCUT2D eigenvalue weighted by Crippen LogP contribution is 2.18. The molecule has 26 heavy (non-hydrogen) atoms. The third kappa shape index (κ3) is 3.51. The second-order valence-electron chi connectivity index (χ2n) is 7.05. The van der Waals surface area contributed by atoms with Crippen molar-refractivity contribution in [2.24, 2.45) is 5.92 Å². The zero-order chi connectivity index (χ0) is 18.8. The summed E-state index contributed by atoms with van der Waals surface area (Å²) in [6.07, 6.45) is 2.36. The standard InChI is InChI=1S/C19H23N5O2/c1-11(2)9-16-20-19(23-22-16)21-17(25)15-10-24(12(3)4)18(26)14-8-6-5-7-13(14)15/h5-8,10-12H,9H2,1-4H3,(H2,20,21,22,23,25). The summed E-state index contributed by atoms with van der Waals surface area (Å²) in [5.74, 6) is 1.06. The number of hydrogen-bond donors (Lipinski definition) is 2. The molecule has 0 saturated carbocycles. The van der Waals surface area contributed by atoms with Crippen molar-refractivity contribution >= 4 is 22.6 Å². The Morgan fingerprint density at radius 2 is 1.88 bits per heavy atom. The molecule has 0 spiro atoms. The quantitative estimate of drug-likeness (QED) is 0.737. The van der Waals surface area contributed by atoms with Crippen LogP contribution in [0.5, 0.6) is 0 Å². The van der Waals surface area contributed by atoms with Crippen molar-refractivity contribution in [1.82, 2.24) is 19.7 Å². The highest BCUT2D eigenvalue weighted by atomic mass is 16.2. The van der Waals surface area contributed by atoms with Crippen LogP contribution in [0.25, 0.3) is 10.8 Å². The Balaban J connectivity index is 1.99. The van der Waals surface area contributed by atoms with Gasteiger partial charge in [-0.2, -0.15) is 4.98 Å². The molecule has 1 amide bonds. The van der Waals surface area contributed by atoms with Gasteiger partial charge in [0.1, 0.15) is 5.82 Å². The van der Waals surface area contributed by atoms with E-state index in [1.807, 2.05) is 19.9 Å². The maximum atomic E-state index is 12.8. The largest absolute Gasteiger partial charge is 0.312 e. The van der Waals surface area contributed by atoms with Gasteiger partial charge in [-0.05, 0) is 25.8 Å². The second kappa shape index (κ2) is 7.11. The van der Waals surface area contributed by atoms with E-state index in [1.54, 1.807) is 29.0 Å². The normalized spacial score (nSPS) is 11.5. The Morgan fingerprint density at radius 3 is 2.54 bits per heavy atom. The van der Waals surface area contributed by atoms with E-state index in [2.05, 4.69) is 34.3 Å². The van der Waals surface area contributed by atoms with Gasteiger partial charge < -0.3 is 4.57 Å². The second-order valence-corrected chi connectivity index (χ2v) is 7.05. The number of nitrogens with zero attached hydrogens (tertiary/aromatic N) is 3. The third-order valence-electron chi connectivity index (χ3n) is 4.11. The molecule has 0 bridgehead atoms. The average molecular weight is 353 g/mol. The number of pyridine rings is 1. The first-order chi connectivity index (χ1) is 12.4. The van der Waals surface area contributed by atoms with Gasteiger partial charge in [0.2, 0.25) is 5.95 Å². The summed E-state index contributed by atoms with van der Waals surface area (Å²) < 4.78 is 1.57. The lowest BCUT2D eigenvalue weighted by Gasteiger charge is -2.14. The minimum absolute atomic E-state index is 0.0557. The van der Waals surface area contributed by atoms with E-state index in [-0.39, 0.29) is 23.5 Å². The zero-order valence-electron chi connectivity index (χ0n) is 15.4. The number of carbonyl (C=O) groups excluding carboxylic acids is 1. The molecule has 0 radical (unpaired) electrons. The molecule has 2 heterocycles. The molecular formula is C19H23N5O2. The predicted molar refractivity (Wildman–Crippen MR) is 101 cm³/mol. The topological polar surface area (TPSA) is 92.7 Å². The number of rotatable bonds is 5. The molecule has 1 aromatic carbocycles. The van der Waals surface area contributed by atoms with Crippen molar-refractivity contribution in [3.63, 3.8) is 0 Å². The highest BCUT2D eigenvalue weighted by molar-refractivity contribution is 6.12. The maximum Gasteiger partial charge on any atom is 0.260 e. The Morgan fingerprint density at radius 1 is 1.19 bits per heavy atom. The number of aromatic amines is 1. The number of fused-ring (bicyclic) bond motifs is 1. The van der Waals surface area contributed by atoms with E-state index in [4.69, 9.17) is 0 Å². The molecule has 7 nitrogen and oxygen atoms in total. The van der Waals surface area contributed by atoms with Crippen LogP contribution >= 0.6 is 0 Å². The summed E-state index contributed by atoms with van der Waals surface area (Å²) in [6.45, 7) is 7.99. The molecule has 2 N–H and O–H groups in total. The number of hydrogen-bond acceptors (Lipinski definition) is 4. The fraction of sp³-hybridized carbons (Fsp3) is 0.368. The van der Waals surface area contributed by atoms with E-state index >= 15 is 0 Å². The Hall–Kier alpha value is -2.96. The number of benzene rings is 1. The van der Waals surface area contributed by atoms with Crippen molar-refractivity contribution in [3.8, 4) is 0 Å². The minimum atomic E-state index is -0.342. The average Bonchev–Trinajstić information content (AvgIpc) is 3.01. The summed E-state index contributed by atoms with van der Waals surface area (Å²) in [4.78, 5) is 29.7. The summed E-state index contributed by atoms with van der Waals surface area (Å²) >= 11 is 0. The van der Waals surface area contributed by atoms with Gasteiger partial charge in [-0.15, -0.1) is 5.10 Å². The van der Waals surface area contributed by atoms with Crippen LogP contribution in [0.4, 0.5) is 5.95 Å². The lowest BCUT2D eigenvalue weighted by Crippen LogP contribution is -2.25. The van der Waals surface area contributed by atoms with Crippen LogP contribution in [0.1, 0.15) is 49.9 Å². The van der Waals surface area contributed by atoms with Gasteiger partial charge >= 0.3 is 0 Å². The fourth-order valence-corrected chi connectivity index (χ4v) is 2.87. The van der Waals surface area contributed by atoms with E-state index in [0.29, 0.717) is 22.3 Å². The molecule has 0 saturated heterocycles. The summed E-state index contributed by atoms with van der Waals surface area (Å²) in [7, 11) is 0. The van der Waals surface area contributed by atoms with Gasteiger partial charge in [-0.1, -0.05) is 32.0 Å². The van der Waals surface area contributed by atoms with E-state index in [1.165, 1.54) is 0 Å². The molecule has 2 aromatic heterocycles. The first-order valence-corrected chi connectivity index (χ1v) is 8.73. The van der Waals surface area contributed by atoms with Crippen LogP contribution in [-0.4, -0.2) is 25.7 Å². The lowest BCUT2D eigenvalue weighted by molar-refractivity contribution is 0.102. The number of amides is 1. The SMILES string of the molecule is CC(C)Cc1nc(NC(=O)c2cn(C(C)C)c(=O)c3ccccc23)n[nH]1. The van der Waals surface area contributed by atoms with Crippen LogP contribution in [-0.2, 0) is 6.42 Å². The highest BCUT2D eigenvalue weighted by Gasteiger charge is 2.17. The molecule has 3 rings (SSSR count). The number of H-pyrrole nitrogens is 1. The van der Waals surface area contributed by atoms with Crippen LogP contribution < -0.4 is 10.9 Å². The lowest BCUT2D eigenvalue weighted by atomic mass is 10.1. The van der Waals surface area contributed by atoms with Crippen molar-refractivity contribution < 1.29 is 4.79 Å². The zero-order valence-corrected chi connectivity index (χ0v) is 15.4. The van der Waals surface area contributed by atoms with Gasteiger partial charge in [0.05, 0.1) is 5.56 Å². The molecule has 0 aliphatic carbocycles. The van der Waals surface area contributed by atoms with Gasteiger partial charge in [0.15, 0.2) is 0 Å². The van der Waals surface area contributed by atoms with E-state index in [0.717, 1.165) is 12.2 Å². The number of aromatic nitrogens is 4. The van der Waals surface area contributed by atoms with Gasteiger partial charge in [-0.3, -0.25) is 20.0 Å². The van der Waals surface area contributed by atoms with Crippen LogP contribution in [0.3, 0.4) is 0 Å². The monoisotopic (exact) mass is 353 g/mol. The summed E-state index contributed by atoms with van der Waals surface area (Å²) in [5, 5.41) is 10.7. The van der Waals surface area contributed by atoms with Crippen molar-refractivity contribution in [3.05, 3.63) is 52.2 Å². The van der Waals surface area contributed by atoms with Crippen LogP contribution in [0.15, 0.2) is 35.3 Å². The van der Waals surface area contributed by atoms with E-state index in [9.17, 15) is 9.59 Å².